The van der Waals surface area contributed by atoms with E-state index in [0.717, 1.165) is 24.0 Å². The van der Waals surface area contributed by atoms with Crippen LogP contribution in [0.3, 0.4) is 0 Å². The molecule has 0 saturated heterocycles. The molecule has 1 N–H and O–H groups in total. The van der Waals surface area contributed by atoms with Gasteiger partial charge in [0.15, 0.2) is 0 Å². The van der Waals surface area contributed by atoms with E-state index >= 15 is 0 Å². The number of amides is 1. The second-order valence-electron chi connectivity index (χ2n) is 6.42. The first-order chi connectivity index (χ1) is 13.1. The standard InChI is InChI=1S/C20H16N4O3/c25-20(13-3-4-13)23-19-11-15(7-9-22-19)17-6-5-14(10-18(17)24(26)27)16-2-1-8-21-12-16/h1-2,5-13H,3-4H2,(H,22,23,25). The second kappa shape index (κ2) is 6.95. The highest BCUT2D eigenvalue weighted by molar-refractivity contribution is 5.94. The van der Waals surface area contributed by atoms with Crippen molar-refractivity contribution < 1.29 is 9.72 Å². The molecule has 2 aromatic heterocycles. The average molecular weight is 360 g/mol. The normalized spacial score (nSPS) is 13.2. The highest BCUT2D eigenvalue weighted by Gasteiger charge is 2.29. The minimum Gasteiger partial charge on any atom is -0.310 e. The molecule has 0 unspecified atom stereocenters. The van der Waals surface area contributed by atoms with E-state index in [-0.39, 0.29) is 17.5 Å². The van der Waals surface area contributed by atoms with E-state index in [2.05, 4.69) is 15.3 Å². The van der Waals surface area contributed by atoms with Crippen molar-refractivity contribution in [2.75, 3.05) is 5.32 Å². The van der Waals surface area contributed by atoms with Gasteiger partial charge in [-0.15, -0.1) is 0 Å². The van der Waals surface area contributed by atoms with Crippen LogP contribution in [0.5, 0.6) is 0 Å². The zero-order chi connectivity index (χ0) is 18.8. The van der Waals surface area contributed by atoms with Gasteiger partial charge in [-0.05, 0) is 48.2 Å². The Bertz CT molecular complexity index is 1020. The van der Waals surface area contributed by atoms with Gasteiger partial charge in [-0.1, -0.05) is 12.1 Å². The lowest BCUT2D eigenvalue weighted by Gasteiger charge is -2.08. The first kappa shape index (κ1) is 16.8. The molecule has 7 heteroatoms. The lowest BCUT2D eigenvalue weighted by Crippen LogP contribution is -2.14. The summed E-state index contributed by atoms with van der Waals surface area (Å²) < 4.78 is 0. The maximum atomic E-state index is 11.9. The Hall–Kier alpha value is -3.61. The van der Waals surface area contributed by atoms with Crippen molar-refractivity contribution in [3.05, 3.63) is 71.2 Å². The van der Waals surface area contributed by atoms with Crippen molar-refractivity contribution in [3.63, 3.8) is 0 Å². The number of nitrogens with one attached hydrogen (secondary N) is 1. The van der Waals surface area contributed by atoms with Gasteiger partial charge in [-0.2, -0.15) is 0 Å². The summed E-state index contributed by atoms with van der Waals surface area (Å²) in [5.41, 5.74) is 2.61. The van der Waals surface area contributed by atoms with Crippen molar-refractivity contribution in [2.45, 2.75) is 12.8 Å². The smallest absolute Gasteiger partial charge is 0.277 e. The fraction of sp³-hybridized carbons (Fsp3) is 0.150. The third-order valence-electron chi connectivity index (χ3n) is 4.46. The number of nitro benzene ring substituents is 1. The topological polar surface area (TPSA) is 98.0 Å². The Kier molecular flexibility index (Phi) is 4.33. The van der Waals surface area contributed by atoms with Crippen molar-refractivity contribution in [1.29, 1.82) is 0 Å². The van der Waals surface area contributed by atoms with E-state index in [0.29, 0.717) is 16.9 Å². The molecule has 1 aromatic carbocycles. The molecule has 7 nitrogen and oxygen atoms in total. The Labute approximate surface area is 155 Å². The maximum absolute atomic E-state index is 11.9. The second-order valence-corrected chi connectivity index (χ2v) is 6.42. The van der Waals surface area contributed by atoms with Gasteiger partial charge in [0, 0.05) is 36.1 Å². The molecule has 3 aromatic rings. The van der Waals surface area contributed by atoms with Crippen LogP contribution in [0.1, 0.15) is 12.8 Å². The van der Waals surface area contributed by atoms with Crippen molar-refractivity contribution in [1.82, 2.24) is 9.97 Å². The summed E-state index contributed by atoms with van der Waals surface area (Å²) >= 11 is 0. The summed E-state index contributed by atoms with van der Waals surface area (Å²) in [5.74, 6) is 0.402. The van der Waals surface area contributed by atoms with Gasteiger partial charge in [-0.25, -0.2) is 4.98 Å². The SMILES string of the molecule is O=C(Nc1cc(-c2ccc(-c3cccnc3)cc2[N+](=O)[O-])ccn1)C1CC1. The summed E-state index contributed by atoms with van der Waals surface area (Å²) in [7, 11) is 0. The van der Waals surface area contributed by atoms with Crippen molar-refractivity contribution >= 4 is 17.4 Å². The summed E-state index contributed by atoms with van der Waals surface area (Å²) in [5, 5.41) is 14.4. The number of hydrogen-bond acceptors (Lipinski definition) is 5. The third kappa shape index (κ3) is 3.67. The molecule has 0 aliphatic heterocycles. The van der Waals surface area contributed by atoms with Crippen molar-refractivity contribution in [2.24, 2.45) is 5.92 Å². The first-order valence-corrected chi connectivity index (χ1v) is 8.58. The van der Waals surface area contributed by atoms with Crippen LogP contribution in [0.2, 0.25) is 0 Å². The van der Waals surface area contributed by atoms with Gasteiger partial charge in [0.05, 0.1) is 10.5 Å². The maximum Gasteiger partial charge on any atom is 0.277 e. The molecule has 0 radical (unpaired) electrons. The van der Waals surface area contributed by atoms with Crippen LogP contribution in [0.15, 0.2) is 61.1 Å². The molecule has 27 heavy (non-hydrogen) atoms. The van der Waals surface area contributed by atoms with Crippen LogP contribution in [-0.2, 0) is 4.79 Å². The number of pyridine rings is 2. The van der Waals surface area contributed by atoms with Gasteiger partial charge in [-0.3, -0.25) is 19.9 Å². The number of anilines is 1. The van der Waals surface area contributed by atoms with Gasteiger partial charge in [0.2, 0.25) is 5.91 Å². The third-order valence-corrected chi connectivity index (χ3v) is 4.46. The molecule has 0 spiro atoms. The molecule has 1 amide bonds. The summed E-state index contributed by atoms with van der Waals surface area (Å²) in [6.45, 7) is 0. The molecular weight excluding hydrogens is 344 g/mol. The Morgan fingerprint density at radius 2 is 1.93 bits per heavy atom. The largest absolute Gasteiger partial charge is 0.310 e. The molecule has 1 aliphatic rings. The van der Waals surface area contributed by atoms with Crippen molar-refractivity contribution in [3.8, 4) is 22.3 Å². The van der Waals surface area contributed by atoms with Gasteiger partial charge >= 0.3 is 0 Å². The molecule has 0 atom stereocenters. The first-order valence-electron chi connectivity index (χ1n) is 8.58. The van der Waals surface area contributed by atoms with Gasteiger partial charge in [0.1, 0.15) is 5.82 Å². The molecule has 1 fully saturated rings. The molecule has 1 saturated carbocycles. The van der Waals surface area contributed by atoms with Crippen LogP contribution in [0.25, 0.3) is 22.3 Å². The zero-order valence-electron chi connectivity index (χ0n) is 14.3. The average Bonchev–Trinajstić information content (AvgIpc) is 3.54. The highest BCUT2D eigenvalue weighted by Crippen LogP contribution is 2.35. The summed E-state index contributed by atoms with van der Waals surface area (Å²) in [6.07, 6.45) is 6.65. The number of nitrogens with zero attached hydrogens (tertiary/aromatic N) is 3. The van der Waals surface area contributed by atoms with E-state index in [1.54, 1.807) is 36.7 Å². The highest BCUT2D eigenvalue weighted by atomic mass is 16.6. The molecular formula is C20H16N4O3. The minimum atomic E-state index is -0.405. The number of hydrogen-bond donors (Lipinski definition) is 1. The number of carbonyl (C=O) groups is 1. The van der Waals surface area contributed by atoms with Crippen LogP contribution in [0.4, 0.5) is 11.5 Å². The number of carbonyl (C=O) groups excluding carboxylic acids is 1. The Balaban J connectivity index is 1.70. The van der Waals surface area contributed by atoms with Crippen LogP contribution >= 0.6 is 0 Å². The molecule has 1 aliphatic carbocycles. The summed E-state index contributed by atoms with van der Waals surface area (Å²) in [4.78, 5) is 31.4. The predicted molar refractivity (Wildman–Crippen MR) is 101 cm³/mol. The lowest BCUT2D eigenvalue weighted by molar-refractivity contribution is -0.384. The number of nitro groups is 1. The molecule has 4 rings (SSSR count). The number of benzene rings is 1. The van der Waals surface area contributed by atoms with Crippen LogP contribution in [-0.4, -0.2) is 20.8 Å². The van der Waals surface area contributed by atoms with E-state index in [1.807, 2.05) is 12.1 Å². The van der Waals surface area contributed by atoms with Crippen LogP contribution < -0.4 is 5.32 Å². The lowest BCUT2D eigenvalue weighted by atomic mass is 9.99. The monoisotopic (exact) mass is 360 g/mol. The molecule has 134 valence electrons. The molecule has 0 bridgehead atoms. The van der Waals surface area contributed by atoms with E-state index in [1.165, 1.54) is 12.3 Å². The van der Waals surface area contributed by atoms with Gasteiger partial charge < -0.3 is 5.32 Å². The number of rotatable bonds is 5. The predicted octanol–water partition coefficient (Wildman–Crippen LogP) is 4.07. The van der Waals surface area contributed by atoms with Gasteiger partial charge in [0.25, 0.3) is 5.69 Å². The fourth-order valence-electron chi connectivity index (χ4n) is 2.88. The Morgan fingerprint density at radius 1 is 1.07 bits per heavy atom. The number of aromatic nitrogens is 2. The van der Waals surface area contributed by atoms with Crippen LogP contribution in [0, 0.1) is 16.0 Å². The van der Waals surface area contributed by atoms with E-state index in [9.17, 15) is 14.9 Å². The quantitative estimate of drug-likeness (QED) is 0.546. The van der Waals surface area contributed by atoms with E-state index in [4.69, 9.17) is 0 Å². The zero-order valence-corrected chi connectivity index (χ0v) is 14.3. The Morgan fingerprint density at radius 3 is 2.63 bits per heavy atom. The summed E-state index contributed by atoms with van der Waals surface area (Å²) in [6, 6.07) is 12.1. The minimum absolute atomic E-state index is 0.0120. The van der Waals surface area contributed by atoms with E-state index < -0.39 is 4.92 Å². The fourth-order valence-corrected chi connectivity index (χ4v) is 2.88. The molecule has 2 heterocycles.